The minimum Gasteiger partial charge on any atom is -0.334 e. The Hall–Kier alpha value is -1.65. The van der Waals surface area contributed by atoms with Crippen molar-refractivity contribution in [2.45, 2.75) is 59.0 Å². The smallest absolute Gasteiger partial charge is 0.274 e. The molecule has 1 aromatic heterocycles. The summed E-state index contributed by atoms with van der Waals surface area (Å²) >= 11 is 0. The lowest BCUT2D eigenvalue weighted by molar-refractivity contribution is 0.0726. The fourth-order valence-corrected chi connectivity index (χ4v) is 2.32. The summed E-state index contributed by atoms with van der Waals surface area (Å²) in [5.41, 5.74) is 0.243. The Morgan fingerprint density at radius 3 is 2.71 bits per heavy atom. The lowest BCUT2D eigenvalue weighted by atomic mass is 10.1. The molecule has 0 spiro atoms. The third-order valence-corrected chi connectivity index (χ3v) is 3.72. The van der Waals surface area contributed by atoms with Gasteiger partial charge in [0.2, 0.25) is 0 Å². The van der Waals surface area contributed by atoms with Gasteiger partial charge in [0.05, 0.1) is 0 Å². The predicted molar refractivity (Wildman–Crippen MR) is 82.3 cm³/mol. The van der Waals surface area contributed by atoms with E-state index in [1.165, 1.54) is 10.7 Å². The summed E-state index contributed by atoms with van der Waals surface area (Å²) in [4.78, 5) is 26.3. The number of nitrogens with zero attached hydrogens (tertiary/aromatic N) is 3. The Morgan fingerprint density at radius 2 is 2.14 bits per heavy atom. The van der Waals surface area contributed by atoms with Crippen LogP contribution in [0.4, 0.5) is 0 Å². The molecule has 0 aliphatic heterocycles. The minimum atomic E-state index is -0.145. The molecule has 0 bridgehead atoms. The molecular weight excluding hydrogens is 266 g/mol. The molecule has 2 rings (SSSR count). The van der Waals surface area contributed by atoms with E-state index < -0.39 is 0 Å². The number of hydrogen-bond donors (Lipinski definition) is 0. The van der Waals surface area contributed by atoms with Crippen LogP contribution < -0.4 is 5.56 Å². The largest absolute Gasteiger partial charge is 0.334 e. The molecule has 1 saturated carbocycles. The molecule has 1 aliphatic rings. The molecule has 116 valence electrons. The number of aromatic nitrogens is 2. The molecule has 0 atom stereocenters. The van der Waals surface area contributed by atoms with E-state index in [1.54, 1.807) is 6.07 Å². The molecular formula is C16H25N3O2. The maximum atomic E-state index is 12.7. The van der Waals surface area contributed by atoms with Gasteiger partial charge >= 0.3 is 0 Å². The van der Waals surface area contributed by atoms with Gasteiger partial charge in [0.15, 0.2) is 0 Å². The van der Waals surface area contributed by atoms with Crippen molar-refractivity contribution in [1.29, 1.82) is 0 Å². The summed E-state index contributed by atoms with van der Waals surface area (Å²) in [5.74, 6) is 0.532. The maximum absolute atomic E-state index is 12.7. The van der Waals surface area contributed by atoms with Gasteiger partial charge in [-0.25, -0.2) is 4.68 Å². The Labute approximate surface area is 126 Å². The normalized spacial score (nSPS) is 14.5. The van der Waals surface area contributed by atoms with E-state index in [-0.39, 0.29) is 11.5 Å². The highest BCUT2D eigenvalue weighted by Gasteiger charge is 2.33. The topological polar surface area (TPSA) is 55.2 Å². The van der Waals surface area contributed by atoms with E-state index in [9.17, 15) is 9.59 Å². The molecule has 1 aromatic rings. The zero-order valence-corrected chi connectivity index (χ0v) is 13.2. The molecule has 1 amide bonds. The van der Waals surface area contributed by atoms with E-state index in [0.717, 1.165) is 32.2 Å². The third kappa shape index (κ3) is 4.16. The third-order valence-electron chi connectivity index (χ3n) is 3.72. The fourth-order valence-electron chi connectivity index (χ4n) is 2.32. The standard InChI is InChI=1S/C16H25N3O2/c1-4-10-19-15(20)8-7-14(17-19)16(21)18(13-5-6-13)11-9-12(2)3/h7-8,12-13H,4-6,9-11H2,1-3H3. The number of rotatable bonds is 7. The van der Waals surface area contributed by atoms with Crippen molar-refractivity contribution >= 4 is 5.91 Å². The Balaban J connectivity index is 2.16. The van der Waals surface area contributed by atoms with Gasteiger partial charge in [-0.15, -0.1) is 0 Å². The first-order valence-corrected chi connectivity index (χ1v) is 7.92. The summed E-state index contributed by atoms with van der Waals surface area (Å²) in [6, 6.07) is 3.37. The van der Waals surface area contributed by atoms with Gasteiger partial charge in [0.1, 0.15) is 5.69 Å². The quantitative estimate of drug-likeness (QED) is 0.774. The molecule has 0 unspecified atom stereocenters. The summed E-state index contributed by atoms with van der Waals surface area (Å²) in [6.07, 6.45) is 3.98. The van der Waals surface area contributed by atoms with E-state index in [0.29, 0.717) is 24.2 Å². The molecule has 1 fully saturated rings. The SMILES string of the molecule is CCCn1nc(C(=O)N(CCC(C)C)C2CC2)ccc1=O. The Kier molecular flexibility index (Phi) is 5.15. The lowest BCUT2D eigenvalue weighted by Crippen LogP contribution is -2.36. The summed E-state index contributed by atoms with van der Waals surface area (Å²) < 4.78 is 1.39. The van der Waals surface area contributed by atoms with Gasteiger partial charge in [0, 0.05) is 25.2 Å². The molecule has 21 heavy (non-hydrogen) atoms. The van der Waals surface area contributed by atoms with Crippen LogP contribution >= 0.6 is 0 Å². The molecule has 1 heterocycles. The van der Waals surface area contributed by atoms with E-state index >= 15 is 0 Å². The van der Waals surface area contributed by atoms with Gasteiger partial charge in [-0.2, -0.15) is 5.10 Å². The predicted octanol–water partition coefficient (Wildman–Crippen LogP) is 2.30. The maximum Gasteiger partial charge on any atom is 0.274 e. The lowest BCUT2D eigenvalue weighted by Gasteiger charge is -2.23. The second-order valence-electron chi connectivity index (χ2n) is 6.19. The first-order valence-electron chi connectivity index (χ1n) is 7.92. The zero-order valence-electron chi connectivity index (χ0n) is 13.2. The molecule has 5 heteroatoms. The number of carbonyl (C=O) groups is 1. The summed E-state index contributed by atoms with van der Waals surface area (Å²) in [7, 11) is 0. The molecule has 0 radical (unpaired) electrons. The summed E-state index contributed by atoms with van der Waals surface area (Å²) in [6.45, 7) is 7.64. The van der Waals surface area contributed by atoms with Gasteiger partial charge in [0.25, 0.3) is 11.5 Å². The van der Waals surface area contributed by atoms with Crippen molar-refractivity contribution in [2.75, 3.05) is 6.54 Å². The number of amides is 1. The highest BCUT2D eigenvalue weighted by atomic mass is 16.2. The van der Waals surface area contributed by atoms with E-state index in [4.69, 9.17) is 0 Å². The van der Waals surface area contributed by atoms with Crippen molar-refractivity contribution in [2.24, 2.45) is 5.92 Å². The van der Waals surface area contributed by atoms with Crippen LogP contribution in [0, 0.1) is 5.92 Å². The van der Waals surface area contributed by atoms with Crippen LogP contribution in [0.2, 0.25) is 0 Å². The Bertz CT molecular complexity index is 547. The number of carbonyl (C=O) groups excluding carboxylic acids is 1. The number of hydrogen-bond acceptors (Lipinski definition) is 3. The van der Waals surface area contributed by atoms with Crippen molar-refractivity contribution in [3.63, 3.8) is 0 Å². The van der Waals surface area contributed by atoms with Gasteiger partial charge < -0.3 is 4.90 Å². The van der Waals surface area contributed by atoms with Gasteiger partial charge in [-0.1, -0.05) is 20.8 Å². The van der Waals surface area contributed by atoms with Crippen LogP contribution in [0.15, 0.2) is 16.9 Å². The van der Waals surface area contributed by atoms with Crippen molar-refractivity contribution in [1.82, 2.24) is 14.7 Å². The molecule has 1 aliphatic carbocycles. The van der Waals surface area contributed by atoms with Gasteiger partial charge in [-0.05, 0) is 37.7 Å². The second-order valence-corrected chi connectivity index (χ2v) is 6.19. The highest BCUT2D eigenvalue weighted by Crippen LogP contribution is 2.28. The highest BCUT2D eigenvalue weighted by molar-refractivity contribution is 5.92. The van der Waals surface area contributed by atoms with Crippen LogP contribution in [0.25, 0.3) is 0 Å². The molecule has 0 aromatic carbocycles. The Morgan fingerprint density at radius 1 is 1.43 bits per heavy atom. The average molecular weight is 291 g/mol. The fraction of sp³-hybridized carbons (Fsp3) is 0.688. The first kappa shape index (κ1) is 15.7. The average Bonchev–Trinajstić information content (AvgIpc) is 3.26. The van der Waals surface area contributed by atoms with Crippen molar-refractivity contribution < 1.29 is 4.79 Å². The molecule has 0 N–H and O–H groups in total. The molecule has 5 nitrogen and oxygen atoms in total. The first-order chi connectivity index (χ1) is 10.0. The number of aryl methyl sites for hydroxylation is 1. The van der Waals surface area contributed by atoms with Crippen LogP contribution in [0.5, 0.6) is 0 Å². The van der Waals surface area contributed by atoms with Crippen LogP contribution in [-0.4, -0.2) is 33.2 Å². The second kappa shape index (κ2) is 6.87. The summed E-state index contributed by atoms with van der Waals surface area (Å²) in [5, 5.41) is 4.23. The van der Waals surface area contributed by atoms with Crippen LogP contribution in [0.1, 0.15) is 56.9 Å². The van der Waals surface area contributed by atoms with E-state index in [1.807, 2.05) is 11.8 Å². The van der Waals surface area contributed by atoms with Crippen LogP contribution in [-0.2, 0) is 6.54 Å². The minimum absolute atomic E-state index is 0.0389. The van der Waals surface area contributed by atoms with Crippen molar-refractivity contribution in [3.8, 4) is 0 Å². The zero-order chi connectivity index (χ0) is 15.4. The van der Waals surface area contributed by atoms with Crippen LogP contribution in [0.3, 0.4) is 0 Å². The van der Waals surface area contributed by atoms with Gasteiger partial charge in [-0.3, -0.25) is 9.59 Å². The monoisotopic (exact) mass is 291 g/mol. The van der Waals surface area contributed by atoms with E-state index in [2.05, 4.69) is 18.9 Å². The van der Waals surface area contributed by atoms with Crippen molar-refractivity contribution in [3.05, 3.63) is 28.2 Å². The molecule has 0 saturated heterocycles.